The Hall–Kier alpha value is -4.70. The van der Waals surface area contributed by atoms with Crippen molar-refractivity contribution < 1.29 is 56.3 Å². The molecule has 1 N–H and O–H groups in total. The van der Waals surface area contributed by atoms with E-state index in [1.54, 1.807) is 6.20 Å². The van der Waals surface area contributed by atoms with E-state index in [4.69, 9.17) is 28.4 Å². The maximum absolute atomic E-state index is 14.1. The molecule has 2 saturated heterocycles. The zero-order valence-corrected chi connectivity index (χ0v) is 28.9. The Morgan fingerprint density at radius 2 is 1.63 bits per heavy atom. The molecule has 2 aliphatic rings. The largest absolute Gasteiger partial charge is 0.494 e. The zero-order valence-electron chi connectivity index (χ0n) is 28.0. The van der Waals surface area contributed by atoms with Crippen molar-refractivity contribution in [3.63, 3.8) is 0 Å². The number of thioether (sulfide) groups is 1. The number of hydrogen-bond acceptors (Lipinski definition) is 16. The Morgan fingerprint density at radius 1 is 0.962 bits per heavy atom. The number of methoxy groups -OCH3 is 2. The van der Waals surface area contributed by atoms with Gasteiger partial charge in [0.15, 0.2) is 35.1 Å². The summed E-state index contributed by atoms with van der Waals surface area (Å²) in [5.74, 6) is -5.08. The number of aliphatic hydroxyl groups excluding tert-OH is 1. The molecule has 52 heavy (non-hydrogen) atoms. The van der Waals surface area contributed by atoms with Gasteiger partial charge in [-0.2, -0.15) is 0 Å². The molecular weight excluding hydrogens is 717 g/mol. The van der Waals surface area contributed by atoms with Crippen molar-refractivity contribution in [2.45, 2.75) is 61.0 Å². The molecule has 21 heteroatoms. The fourth-order valence-corrected chi connectivity index (χ4v) is 7.35. The van der Waals surface area contributed by atoms with Crippen LogP contribution in [0.4, 0.5) is 13.2 Å². The molecule has 0 aliphatic carbocycles. The van der Waals surface area contributed by atoms with Crippen molar-refractivity contribution in [3.8, 4) is 28.5 Å². The van der Waals surface area contributed by atoms with Gasteiger partial charge < -0.3 is 33.5 Å². The van der Waals surface area contributed by atoms with Crippen molar-refractivity contribution in [3.05, 3.63) is 54.4 Å². The van der Waals surface area contributed by atoms with Crippen LogP contribution in [0.2, 0.25) is 0 Å². The Balaban J connectivity index is 1.29. The first-order valence-electron chi connectivity index (χ1n) is 15.7. The van der Waals surface area contributed by atoms with Gasteiger partial charge in [0, 0.05) is 26.5 Å². The number of nitrogens with zero attached hydrogens (tertiary/aromatic N) is 8. The summed E-state index contributed by atoms with van der Waals surface area (Å²) in [5, 5.41) is 27.5. The van der Waals surface area contributed by atoms with Gasteiger partial charge in [-0.05, 0) is 12.1 Å². The van der Waals surface area contributed by atoms with E-state index in [9.17, 15) is 27.9 Å². The van der Waals surface area contributed by atoms with Crippen molar-refractivity contribution in [2.75, 3.05) is 34.0 Å². The lowest BCUT2D eigenvalue weighted by Crippen LogP contribution is -2.58. The fraction of sp³-hybridized carbons (Fsp3) is 0.484. The lowest BCUT2D eigenvalue weighted by atomic mass is 9.96. The summed E-state index contributed by atoms with van der Waals surface area (Å²) < 4.78 is 78.8. The summed E-state index contributed by atoms with van der Waals surface area (Å²) in [6.07, 6.45) is 1.54. The monoisotopic (exact) mass is 750 g/mol. The molecule has 17 nitrogen and oxygen atoms in total. The van der Waals surface area contributed by atoms with Gasteiger partial charge in [-0.15, -0.1) is 22.0 Å². The number of esters is 2. The minimum absolute atomic E-state index is 0.0346. The highest BCUT2D eigenvalue weighted by Crippen LogP contribution is 2.42. The van der Waals surface area contributed by atoms with Crippen molar-refractivity contribution in [1.29, 1.82) is 0 Å². The van der Waals surface area contributed by atoms with Crippen LogP contribution < -0.4 is 4.74 Å². The predicted octanol–water partition coefficient (Wildman–Crippen LogP) is 1.93. The standard InChI is InChI=1S/C31H33F3N8O9S/c1-14(43)49-12-23-28(50-15(2)44)26(42-9-20(37-40-42)16-5-18(32)25(34)19(33)6-16)29(47-4)31(51-23)52-24-13-48-11-22(27(24)45)41-10-21(38-39-41)30-35-7-17(46-3)8-36-30/h5-10,22-24,26-29,31,45H,11-13H2,1-4H3/t22-,23+,24+,26-,27+,28-,29?,31?/m0/s1. The third kappa shape index (κ3) is 7.87. The van der Waals surface area contributed by atoms with E-state index in [0.29, 0.717) is 17.3 Å². The van der Waals surface area contributed by atoms with Crippen LogP contribution in [0.15, 0.2) is 36.9 Å². The van der Waals surface area contributed by atoms with Crippen LogP contribution in [0.1, 0.15) is 25.9 Å². The number of aromatic nitrogens is 8. The Labute approximate surface area is 297 Å². The molecule has 0 radical (unpaired) electrons. The molecule has 3 aromatic heterocycles. The maximum atomic E-state index is 14.1. The van der Waals surface area contributed by atoms with Crippen LogP contribution in [0.3, 0.4) is 0 Å². The second-order valence-corrected chi connectivity index (χ2v) is 13.1. The van der Waals surface area contributed by atoms with E-state index in [1.165, 1.54) is 56.0 Å². The van der Waals surface area contributed by atoms with Crippen LogP contribution in [0, 0.1) is 17.5 Å². The number of benzene rings is 1. The highest BCUT2D eigenvalue weighted by Gasteiger charge is 2.52. The first-order chi connectivity index (χ1) is 25.0. The molecule has 0 saturated carbocycles. The number of halogens is 3. The van der Waals surface area contributed by atoms with Gasteiger partial charge in [-0.1, -0.05) is 10.4 Å². The molecule has 4 aromatic rings. The van der Waals surface area contributed by atoms with Gasteiger partial charge in [0.2, 0.25) is 0 Å². The fourth-order valence-electron chi connectivity index (χ4n) is 5.86. The second kappa shape index (κ2) is 15.9. The molecule has 1 aromatic carbocycles. The summed E-state index contributed by atoms with van der Waals surface area (Å²) in [6.45, 7) is 2.20. The normalized spacial score (nSPS) is 26.2. The van der Waals surface area contributed by atoms with Crippen LogP contribution in [-0.2, 0) is 33.3 Å². The van der Waals surface area contributed by atoms with Crippen LogP contribution in [-0.4, -0.2) is 126 Å². The molecule has 278 valence electrons. The lowest BCUT2D eigenvalue weighted by Gasteiger charge is -2.46. The van der Waals surface area contributed by atoms with Gasteiger partial charge in [0.05, 0.1) is 56.5 Å². The quantitative estimate of drug-likeness (QED) is 0.172. The number of ether oxygens (including phenoxy) is 6. The number of hydrogen-bond donors (Lipinski definition) is 1. The van der Waals surface area contributed by atoms with Crippen LogP contribution in [0.5, 0.6) is 5.75 Å². The van der Waals surface area contributed by atoms with Crippen molar-refractivity contribution >= 4 is 23.7 Å². The van der Waals surface area contributed by atoms with E-state index in [0.717, 1.165) is 23.9 Å². The third-order valence-electron chi connectivity index (χ3n) is 8.34. The van der Waals surface area contributed by atoms with Crippen molar-refractivity contribution in [2.24, 2.45) is 0 Å². The average molecular weight is 751 g/mol. The molecule has 0 spiro atoms. The van der Waals surface area contributed by atoms with Gasteiger partial charge in [0.1, 0.15) is 47.7 Å². The number of carbonyl (C=O) groups excluding carboxylic acids is 2. The molecular formula is C31H33F3N8O9S. The van der Waals surface area contributed by atoms with Gasteiger partial charge in [-0.3, -0.25) is 9.59 Å². The highest BCUT2D eigenvalue weighted by molar-refractivity contribution is 8.00. The molecule has 6 rings (SSSR count). The Kier molecular flexibility index (Phi) is 11.3. The van der Waals surface area contributed by atoms with E-state index in [1.807, 2.05) is 0 Å². The highest BCUT2D eigenvalue weighted by atomic mass is 32.2. The van der Waals surface area contributed by atoms with Crippen LogP contribution >= 0.6 is 11.8 Å². The number of aliphatic hydroxyl groups is 1. The minimum atomic E-state index is -1.64. The van der Waals surface area contributed by atoms with E-state index >= 15 is 0 Å². The summed E-state index contributed by atoms with van der Waals surface area (Å²) in [4.78, 5) is 32.7. The topological polar surface area (TPSA) is 197 Å². The van der Waals surface area contributed by atoms with Crippen molar-refractivity contribution in [1.82, 2.24) is 40.0 Å². The number of rotatable bonds is 11. The van der Waals surface area contributed by atoms with Gasteiger partial charge >= 0.3 is 11.9 Å². The van der Waals surface area contributed by atoms with Gasteiger partial charge in [-0.25, -0.2) is 32.5 Å². The summed E-state index contributed by atoms with van der Waals surface area (Å²) >= 11 is 1.15. The van der Waals surface area contributed by atoms with Crippen LogP contribution in [0.25, 0.3) is 22.8 Å². The molecule has 8 atom stereocenters. The number of carbonyl (C=O) groups is 2. The summed E-state index contributed by atoms with van der Waals surface area (Å²) in [6, 6.07) is -0.193. The predicted molar refractivity (Wildman–Crippen MR) is 171 cm³/mol. The molecule has 0 amide bonds. The second-order valence-electron chi connectivity index (χ2n) is 11.7. The average Bonchev–Trinajstić information content (AvgIpc) is 3.82. The lowest BCUT2D eigenvalue weighted by molar-refractivity contribution is -0.208. The van der Waals surface area contributed by atoms with E-state index in [-0.39, 0.29) is 31.1 Å². The van der Waals surface area contributed by atoms with Gasteiger partial charge in [0.25, 0.3) is 0 Å². The zero-order chi connectivity index (χ0) is 37.1. The molecule has 2 unspecified atom stereocenters. The molecule has 0 bridgehead atoms. The smallest absolute Gasteiger partial charge is 0.303 e. The van der Waals surface area contributed by atoms with E-state index < -0.39 is 76.6 Å². The molecule has 5 heterocycles. The summed E-state index contributed by atoms with van der Waals surface area (Å²) in [5.41, 5.74) is -0.742. The first kappa shape index (κ1) is 37.1. The van der Waals surface area contributed by atoms with E-state index in [2.05, 4.69) is 30.6 Å². The first-order valence-corrected chi connectivity index (χ1v) is 16.7. The minimum Gasteiger partial charge on any atom is -0.494 e. The molecule has 2 fully saturated rings. The SMILES string of the molecule is COc1cnc(-c2cn([C@H]3COC[C@@H](SC4O[C@H](COC(C)=O)[C@H](OC(C)=O)[C@H](n5cc(-c6cc(F)c(F)c(F)c6)nn5)C4OC)[C@@H]3O)nn2)nc1. The Morgan fingerprint density at radius 3 is 2.29 bits per heavy atom. The summed E-state index contributed by atoms with van der Waals surface area (Å²) in [7, 11) is 2.87. The third-order valence-corrected chi connectivity index (χ3v) is 9.75. The maximum Gasteiger partial charge on any atom is 0.303 e. The Bertz CT molecular complexity index is 1860. The molecule has 2 aliphatic heterocycles.